The third-order valence-corrected chi connectivity index (χ3v) is 6.18. The Morgan fingerprint density at radius 1 is 1.04 bits per heavy atom. The number of hydrogen-bond donors (Lipinski definition) is 1. The third kappa shape index (κ3) is 2.73. The van der Waals surface area contributed by atoms with Crippen LogP contribution >= 0.6 is 11.3 Å². The zero-order valence-corrected chi connectivity index (χ0v) is 15.0. The van der Waals surface area contributed by atoms with Crippen molar-refractivity contribution in [3.05, 3.63) is 53.4 Å². The zero-order chi connectivity index (χ0) is 16.8. The lowest BCUT2D eigenvalue weighted by molar-refractivity contribution is 0.459. The minimum absolute atomic E-state index is 0.618. The molecule has 1 N–H and O–H groups in total. The maximum atomic E-state index is 4.90. The van der Waals surface area contributed by atoms with Crippen LogP contribution in [0.2, 0.25) is 0 Å². The molecule has 126 valence electrons. The maximum Gasteiger partial charge on any atom is 0.136 e. The number of aryl methyl sites for hydroxylation is 1. The van der Waals surface area contributed by atoms with E-state index in [1.54, 1.807) is 0 Å². The lowest BCUT2D eigenvalue weighted by Gasteiger charge is -2.20. The molecule has 0 atom stereocenters. The standard InChI is InChI=1S/C20H20N4S/c1-13-11-24-12-16(3-5-19(24)22-13)15-2-4-17-18(10-15)25-20(23-17)14-6-8-21-9-7-14/h2-5,10-12,14,21H,6-9H2,1H3. The molecule has 0 unspecified atom stereocenters. The summed E-state index contributed by atoms with van der Waals surface area (Å²) in [5, 5.41) is 4.73. The van der Waals surface area contributed by atoms with Crippen molar-refractivity contribution in [2.75, 3.05) is 13.1 Å². The van der Waals surface area contributed by atoms with Crippen molar-refractivity contribution in [2.24, 2.45) is 0 Å². The molecular weight excluding hydrogens is 328 g/mol. The summed E-state index contributed by atoms with van der Waals surface area (Å²) in [4.78, 5) is 9.40. The molecule has 4 aromatic rings. The van der Waals surface area contributed by atoms with E-state index < -0.39 is 0 Å². The Kier molecular flexibility index (Phi) is 3.57. The van der Waals surface area contributed by atoms with E-state index in [-0.39, 0.29) is 0 Å². The first-order valence-corrected chi connectivity index (χ1v) is 9.65. The fourth-order valence-electron chi connectivity index (χ4n) is 3.65. The summed E-state index contributed by atoms with van der Waals surface area (Å²) >= 11 is 1.86. The summed E-state index contributed by atoms with van der Waals surface area (Å²) in [5.41, 5.74) is 5.61. The van der Waals surface area contributed by atoms with Crippen LogP contribution in [0.4, 0.5) is 0 Å². The normalized spacial score (nSPS) is 16.0. The van der Waals surface area contributed by atoms with Gasteiger partial charge in [-0.25, -0.2) is 9.97 Å². The number of nitrogens with zero attached hydrogens (tertiary/aromatic N) is 3. The molecule has 1 aliphatic rings. The monoisotopic (exact) mass is 348 g/mol. The van der Waals surface area contributed by atoms with Crippen LogP contribution in [0, 0.1) is 6.92 Å². The van der Waals surface area contributed by atoms with Crippen molar-refractivity contribution in [1.82, 2.24) is 19.7 Å². The Labute approximate surface area is 150 Å². The molecule has 4 nitrogen and oxygen atoms in total. The van der Waals surface area contributed by atoms with Crippen LogP contribution in [-0.2, 0) is 0 Å². The van der Waals surface area contributed by atoms with Crippen molar-refractivity contribution in [2.45, 2.75) is 25.7 Å². The van der Waals surface area contributed by atoms with Crippen molar-refractivity contribution in [1.29, 1.82) is 0 Å². The second-order valence-electron chi connectivity index (χ2n) is 6.82. The van der Waals surface area contributed by atoms with Gasteiger partial charge in [-0.2, -0.15) is 0 Å². The van der Waals surface area contributed by atoms with Crippen LogP contribution in [0.3, 0.4) is 0 Å². The van der Waals surface area contributed by atoms with E-state index in [0.717, 1.165) is 29.9 Å². The van der Waals surface area contributed by atoms with Gasteiger partial charge in [0.15, 0.2) is 0 Å². The van der Waals surface area contributed by atoms with E-state index in [9.17, 15) is 0 Å². The van der Waals surface area contributed by atoms with E-state index >= 15 is 0 Å². The summed E-state index contributed by atoms with van der Waals surface area (Å²) in [7, 11) is 0. The SMILES string of the molecule is Cc1cn2cc(-c3ccc4nc(C5CCNCC5)sc4c3)ccc2n1. The van der Waals surface area contributed by atoms with Gasteiger partial charge in [-0.15, -0.1) is 11.3 Å². The summed E-state index contributed by atoms with van der Waals surface area (Å²) in [5.74, 6) is 0.618. The average molecular weight is 348 g/mol. The second kappa shape index (κ2) is 5.93. The van der Waals surface area contributed by atoms with Crippen LogP contribution in [0.5, 0.6) is 0 Å². The Morgan fingerprint density at radius 3 is 2.76 bits per heavy atom. The highest BCUT2D eigenvalue weighted by Crippen LogP contribution is 2.34. The summed E-state index contributed by atoms with van der Waals surface area (Å²) in [6.07, 6.45) is 6.62. The van der Waals surface area contributed by atoms with Crippen LogP contribution in [0.25, 0.3) is 27.0 Å². The molecule has 1 aromatic carbocycles. The Hall–Kier alpha value is -2.24. The van der Waals surface area contributed by atoms with Crippen LogP contribution in [0.1, 0.15) is 29.5 Å². The minimum atomic E-state index is 0.618. The average Bonchev–Trinajstić information content (AvgIpc) is 3.23. The molecule has 1 saturated heterocycles. The first kappa shape index (κ1) is 15.0. The molecule has 0 saturated carbocycles. The quantitative estimate of drug-likeness (QED) is 0.584. The van der Waals surface area contributed by atoms with Gasteiger partial charge in [0.2, 0.25) is 0 Å². The summed E-state index contributed by atoms with van der Waals surface area (Å²) in [6, 6.07) is 10.9. The number of imidazole rings is 1. The number of pyridine rings is 1. The van der Waals surface area contributed by atoms with E-state index in [1.165, 1.54) is 33.7 Å². The lowest BCUT2D eigenvalue weighted by Crippen LogP contribution is -2.26. The first-order chi connectivity index (χ1) is 12.3. The molecule has 1 fully saturated rings. The van der Waals surface area contributed by atoms with Crippen molar-refractivity contribution in [3.63, 3.8) is 0 Å². The number of nitrogens with one attached hydrogen (secondary N) is 1. The Balaban J connectivity index is 1.54. The predicted octanol–water partition coefficient (Wildman–Crippen LogP) is 4.39. The van der Waals surface area contributed by atoms with Gasteiger partial charge in [0.25, 0.3) is 0 Å². The van der Waals surface area contributed by atoms with Gasteiger partial charge >= 0.3 is 0 Å². The third-order valence-electron chi connectivity index (χ3n) is 5.00. The van der Waals surface area contributed by atoms with Gasteiger partial charge in [0.1, 0.15) is 5.65 Å². The zero-order valence-electron chi connectivity index (χ0n) is 14.2. The molecule has 0 amide bonds. The van der Waals surface area contributed by atoms with Crippen LogP contribution < -0.4 is 5.32 Å². The fourth-order valence-corrected chi connectivity index (χ4v) is 4.83. The van der Waals surface area contributed by atoms with Gasteiger partial charge < -0.3 is 9.72 Å². The largest absolute Gasteiger partial charge is 0.317 e. The molecule has 0 radical (unpaired) electrons. The van der Waals surface area contributed by atoms with E-state index in [2.05, 4.69) is 57.4 Å². The molecular formula is C20H20N4S. The molecule has 25 heavy (non-hydrogen) atoms. The maximum absolute atomic E-state index is 4.90. The van der Waals surface area contributed by atoms with Gasteiger partial charge in [0.05, 0.1) is 20.9 Å². The topological polar surface area (TPSA) is 42.2 Å². The fraction of sp³-hybridized carbons (Fsp3) is 0.300. The Bertz CT molecular complexity index is 1060. The first-order valence-electron chi connectivity index (χ1n) is 8.83. The molecule has 0 bridgehead atoms. The van der Waals surface area contributed by atoms with Crippen molar-refractivity contribution < 1.29 is 0 Å². The van der Waals surface area contributed by atoms with E-state index in [4.69, 9.17) is 4.98 Å². The van der Waals surface area contributed by atoms with Gasteiger partial charge in [-0.3, -0.25) is 0 Å². The van der Waals surface area contributed by atoms with Gasteiger partial charge in [-0.05, 0) is 68.2 Å². The van der Waals surface area contributed by atoms with E-state index in [0.29, 0.717) is 5.92 Å². The second-order valence-corrected chi connectivity index (χ2v) is 7.89. The van der Waals surface area contributed by atoms with Crippen molar-refractivity contribution >= 4 is 27.2 Å². The number of piperidine rings is 1. The number of benzene rings is 1. The highest BCUT2D eigenvalue weighted by molar-refractivity contribution is 7.18. The Morgan fingerprint density at radius 2 is 1.88 bits per heavy atom. The molecule has 4 heterocycles. The highest BCUT2D eigenvalue weighted by atomic mass is 32.1. The van der Waals surface area contributed by atoms with Crippen LogP contribution in [0.15, 0.2) is 42.7 Å². The number of hydrogen-bond acceptors (Lipinski definition) is 4. The number of aromatic nitrogens is 3. The van der Waals surface area contributed by atoms with E-state index in [1.807, 2.05) is 18.3 Å². The molecule has 0 aliphatic carbocycles. The number of thiazole rings is 1. The van der Waals surface area contributed by atoms with Gasteiger partial charge in [-0.1, -0.05) is 6.07 Å². The van der Waals surface area contributed by atoms with Crippen molar-refractivity contribution in [3.8, 4) is 11.1 Å². The van der Waals surface area contributed by atoms with Crippen LogP contribution in [-0.4, -0.2) is 27.5 Å². The summed E-state index contributed by atoms with van der Waals surface area (Å²) < 4.78 is 3.38. The van der Waals surface area contributed by atoms with Gasteiger partial charge in [0, 0.05) is 18.3 Å². The lowest BCUT2D eigenvalue weighted by atomic mass is 9.99. The molecule has 1 aliphatic heterocycles. The smallest absolute Gasteiger partial charge is 0.136 e. The summed E-state index contributed by atoms with van der Waals surface area (Å²) in [6.45, 7) is 4.24. The minimum Gasteiger partial charge on any atom is -0.317 e. The molecule has 5 heteroatoms. The molecule has 5 rings (SSSR count). The molecule has 0 spiro atoms. The highest BCUT2D eigenvalue weighted by Gasteiger charge is 2.19. The number of fused-ring (bicyclic) bond motifs is 2. The predicted molar refractivity (Wildman–Crippen MR) is 103 cm³/mol. The number of rotatable bonds is 2. The molecule has 3 aromatic heterocycles.